The quantitative estimate of drug-likeness (QED) is 0.734. The molecule has 1 amide bonds. The Labute approximate surface area is 109 Å². The number of carbonyl (C=O) groups is 1. The normalized spacial score (nSPS) is 17.2. The average molecular weight is 253 g/mol. The second-order valence-electron chi connectivity index (χ2n) is 5.34. The highest BCUT2D eigenvalue weighted by Crippen LogP contribution is 2.11. The van der Waals surface area contributed by atoms with Crippen molar-refractivity contribution in [1.82, 2.24) is 10.6 Å². The van der Waals surface area contributed by atoms with Crippen LogP contribution in [-0.4, -0.2) is 38.3 Å². The fraction of sp³-hybridized carbons (Fsp3) is 0.846. The standard InChI is InChI=1S/C13H23N3O2/c1-13(2,9-14)10-16-12(17)5-8-18-11-3-6-15-7-4-11/h11,15H,3-8,10H2,1-2H3,(H,16,17). The van der Waals surface area contributed by atoms with Gasteiger partial charge in [-0.25, -0.2) is 0 Å². The van der Waals surface area contributed by atoms with Gasteiger partial charge in [0.2, 0.25) is 5.91 Å². The van der Waals surface area contributed by atoms with Crippen LogP contribution in [0.1, 0.15) is 33.1 Å². The summed E-state index contributed by atoms with van der Waals surface area (Å²) in [5.74, 6) is -0.0488. The fourth-order valence-corrected chi connectivity index (χ4v) is 1.73. The van der Waals surface area contributed by atoms with Crippen LogP contribution in [0.5, 0.6) is 0 Å². The van der Waals surface area contributed by atoms with Crippen molar-refractivity contribution < 1.29 is 9.53 Å². The zero-order valence-corrected chi connectivity index (χ0v) is 11.3. The van der Waals surface area contributed by atoms with E-state index < -0.39 is 5.41 Å². The van der Waals surface area contributed by atoms with Gasteiger partial charge in [-0.15, -0.1) is 0 Å². The van der Waals surface area contributed by atoms with E-state index in [4.69, 9.17) is 10.00 Å². The highest BCUT2D eigenvalue weighted by atomic mass is 16.5. The van der Waals surface area contributed by atoms with Gasteiger partial charge in [-0.2, -0.15) is 5.26 Å². The SMILES string of the molecule is CC(C)(C#N)CNC(=O)CCOC1CCNCC1. The van der Waals surface area contributed by atoms with E-state index in [2.05, 4.69) is 16.7 Å². The lowest BCUT2D eigenvalue weighted by molar-refractivity contribution is -0.123. The minimum absolute atomic E-state index is 0.0488. The molecule has 0 spiro atoms. The molecular formula is C13H23N3O2. The molecule has 0 saturated carbocycles. The molecule has 0 radical (unpaired) electrons. The van der Waals surface area contributed by atoms with Crippen molar-refractivity contribution in [1.29, 1.82) is 5.26 Å². The largest absolute Gasteiger partial charge is 0.378 e. The second kappa shape index (κ2) is 7.34. The Morgan fingerprint density at radius 3 is 2.78 bits per heavy atom. The number of amides is 1. The van der Waals surface area contributed by atoms with Crippen LogP contribution in [0.3, 0.4) is 0 Å². The number of hydrogen-bond acceptors (Lipinski definition) is 4. The van der Waals surface area contributed by atoms with E-state index in [1.165, 1.54) is 0 Å². The van der Waals surface area contributed by atoms with E-state index in [-0.39, 0.29) is 12.0 Å². The molecule has 0 atom stereocenters. The van der Waals surface area contributed by atoms with Crippen LogP contribution in [0.15, 0.2) is 0 Å². The van der Waals surface area contributed by atoms with Gasteiger partial charge in [0.05, 0.1) is 24.2 Å². The molecule has 1 aliphatic heterocycles. The number of carbonyl (C=O) groups excluding carboxylic acids is 1. The third-order valence-corrected chi connectivity index (χ3v) is 3.00. The van der Waals surface area contributed by atoms with Gasteiger partial charge in [0.25, 0.3) is 0 Å². The van der Waals surface area contributed by atoms with Crippen LogP contribution < -0.4 is 10.6 Å². The maximum atomic E-state index is 11.5. The number of nitriles is 1. The zero-order chi connectivity index (χ0) is 13.4. The smallest absolute Gasteiger partial charge is 0.222 e. The van der Waals surface area contributed by atoms with Crippen LogP contribution in [0.25, 0.3) is 0 Å². The number of rotatable bonds is 6. The summed E-state index contributed by atoms with van der Waals surface area (Å²) in [6.45, 7) is 6.44. The predicted molar refractivity (Wildman–Crippen MR) is 68.9 cm³/mol. The van der Waals surface area contributed by atoms with Gasteiger partial charge in [0.1, 0.15) is 0 Å². The zero-order valence-electron chi connectivity index (χ0n) is 11.3. The second-order valence-corrected chi connectivity index (χ2v) is 5.34. The Bertz CT molecular complexity index is 304. The highest BCUT2D eigenvalue weighted by molar-refractivity contribution is 5.76. The van der Waals surface area contributed by atoms with Crippen molar-refractivity contribution in [3.63, 3.8) is 0 Å². The molecule has 2 N–H and O–H groups in total. The molecule has 0 aliphatic carbocycles. The van der Waals surface area contributed by atoms with Crippen LogP contribution in [0, 0.1) is 16.7 Å². The molecule has 102 valence electrons. The molecule has 0 bridgehead atoms. The molecule has 5 nitrogen and oxygen atoms in total. The van der Waals surface area contributed by atoms with Gasteiger partial charge < -0.3 is 15.4 Å². The van der Waals surface area contributed by atoms with Crippen molar-refractivity contribution in [2.75, 3.05) is 26.2 Å². The molecular weight excluding hydrogens is 230 g/mol. The maximum Gasteiger partial charge on any atom is 0.222 e. The van der Waals surface area contributed by atoms with E-state index in [1.807, 2.05) is 0 Å². The van der Waals surface area contributed by atoms with Crippen LogP contribution in [-0.2, 0) is 9.53 Å². The minimum atomic E-state index is -0.508. The van der Waals surface area contributed by atoms with Crippen LogP contribution >= 0.6 is 0 Å². The van der Waals surface area contributed by atoms with Gasteiger partial charge >= 0.3 is 0 Å². The van der Waals surface area contributed by atoms with Gasteiger partial charge in [-0.1, -0.05) is 0 Å². The molecule has 5 heteroatoms. The Balaban J connectivity index is 2.08. The molecule has 1 aliphatic rings. The summed E-state index contributed by atoms with van der Waals surface area (Å²) < 4.78 is 5.65. The maximum absolute atomic E-state index is 11.5. The molecule has 0 aromatic rings. The van der Waals surface area contributed by atoms with E-state index in [0.29, 0.717) is 19.6 Å². The van der Waals surface area contributed by atoms with E-state index in [0.717, 1.165) is 25.9 Å². The van der Waals surface area contributed by atoms with Crippen molar-refractivity contribution in [2.45, 2.75) is 39.2 Å². The van der Waals surface area contributed by atoms with Crippen molar-refractivity contribution in [3.05, 3.63) is 0 Å². The van der Waals surface area contributed by atoms with Gasteiger partial charge in [-0.3, -0.25) is 4.79 Å². The molecule has 0 unspecified atom stereocenters. The van der Waals surface area contributed by atoms with Crippen LogP contribution in [0.2, 0.25) is 0 Å². The van der Waals surface area contributed by atoms with E-state index in [1.54, 1.807) is 13.8 Å². The van der Waals surface area contributed by atoms with Gasteiger partial charge in [0, 0.05) is 13.0 Å². The number of nitrogens with zero attached hydrogens (tertiary/aromatic N) is 1. The number of piperidine rings is 1. The molecule has 1 rings (SSSR count). The first-order chi connectivity index (χ1) is 8.53. The molecule has 18 heavy (non-hydrogen) atoms. The Kier molecular flexibility index (Phi) is 6.10. The van der Waals surface area contributed by atoms with Crippen molar-refractivity contribution in [3.8, 4) is 6.07 Å². The highest BCUT2D eigenvalue weighted by Gasteiger charge is 2.18. The van der Waals surface area contributed by atoms with E-state index in [9.17, 15) is 4.79 Å². The average Bonchev–Trinajstić information content (AvgIpc) is 2.38. The first-order valence-corrected chi connectivity index (χ1v) is 6.54. The number of nitrogens with one attached hydrogen (secondary N) is 2. The number of hydrogen-bond donors (Lipinski definition) is 2. The summed E-state index contributed by atoms with van der Waals surface area (Å²) in [4.78, 5) is 11.5. The molecule has 0 aromatic carbocycles. The third-order valence-electron chi connectivity index (χ3n) is 3.00. The minimum Gasteiger partial charge on any atom is -0.378 e. The number of ether oxygens (including phenoxy) is 1. The third kappa shape index (κ3) is 5.99. The molecule has 0 aromatic heterocycles. The topological polar surface area (TPSA) is 74.2 Å². The summed E-state index contributed by atoms with van der Waals surface area (Å²) in [5, 5.41) is 14.8. The van der Waals surface area contributed by atoms with Crippen LogP contribution in [0.4, 0.5) is 0 Å². The summed E-state index contributed by atoms with van der Waals surface area (Å²) in [7, 11) is 0. The summed E-state index contributed by atoms with van der Waals surface area (Å²) in [6.07, 6.45) is 2.69. The summed E-state index contributed by atoms with van der Waals surface area (Å²) in [5.41, 5.74) is -0.508. The monoisotopic (exact) mass is 253 g/mol. The first-order valence-electron chi connectivity index (χ1n) is 6.54. The summed E-state index contributed by atoms with van der Waals surface area (Å²) in [6, 6.07) is 2.15. The van der Waals surface area contributed by atoms with Crippen molar-refractivity contribution in [2.24, 2.45) is 5.41 Å². The first kappa shape index (κ1) is 14.9. The Morgan fingerprint density at radius 2 is 2.17 bits per heavy atom. The van der Waals surface area contributed by atoms with E-state index >= 15 is 0 Å². The molecule has 1 saturated heterocycles. The Morgan fingerprint density at radius 1 is 1.50 bits per heavy atom. The molecule has 1 heterocycles. The Hall–Kier alpha value is -1.12. The predicted octanol–water partition coefficient (Wildman–Crippen LogP) is 0.811. The molecule has 1 fully saturated rings. The van der Waals surface area contributed by atoms with Crippen molar-refractivity contribution >= 4 is 5.91 Å². The summed E-state index contributed by atoms with van der Waals surface area (Å²) >= 11 is 0. The van der Waals surface area contributed by atoms with Gasteiger partial charge in [-0.05, 0) is 39.8 Å². The lowest BCUT2D eigenvalue weighted by atomic mass is 9.96. The fourth-order valence-electron chi connectivity index (χ4n) is 1.73. The van der Waals surface area contributed by atoms with Gasteiger partial charge in [0.15, 0.2) is 0 Å². The lowest BCUT2D eigenvalue weighted by Crippen LogP contribution is -2.35. The lowest BCUT2D eigenvalue weighted by Gasteiger charge is -2.23.